The molecule has 2 nitrogen and oxygen atoms in total. The average Bonchev–Trinajstić information content (AvgIpc) is 1.85. The van der Waals surface area contributed by atoms with Crippen LogP contribution in [0.3, 0.4) is 0 Å². The third-order valence-electron chi connectivity index (χ3n) is 1.61. The lowest BCUT2D eigenvalue weighted by molar-refractivity contribution is -0.120. The minimum atomic E-state index is 0.345. The molecule has 0 aromatic rings. The SMILES string of the molecule is CC(C)CC(=O)CC(C)CN. The van der Waals surface area contributed by atoms with Crippen molar-refractivity contribution >= 4 is 5.78 Å². The first-order valence-corrected chi connectivity index (χ1v) is 4.28. The second-order valence-corrected chi connectivity index (χ2v) is 3.68. The number of rotatable bonds is 5. The van der Waals surface area contributed by atoms with E-state index in [0.29, 0.717) is 37.0 Å². The van der Waals surface area contributed by atoms with Gasteiger partial charge < -0.3 is 5.73 Å². The van der Waals surface area contributed by atoms with Crippen LogP contribution in [-0.2, 0) is 4.79 Å². The van der Waals surface area contributed by atoms with Crippen LogP contribution < -0.4 is 5.73 Å². The molecule has 0 spiro atoms. The van der Waals surface area contributed by atoms with Crippen LogP contribution in [0, 0.1) is 11.8 Å². The summed E-state index contributed by atoms with van der Waals surface area (Å²) in [6, 6.07) is 0. The molecule has 0 amide bonds. The van der Waals surface area contributed by atoms with Gasteiger partial charge in [-0.1, -0.05) is 20.8 Å². The molecule has 0 aliphatic heterocycles. The van der Waals surface area contributed by atoms with Crippen molar-refractivity contribution in [3.8, 4) is 0 Å². The Balaban J connectivity index is 3.52. The largest absolute Gasteiger partial charge is 0.330 e. The van der Waals surface area contributed by atoms with E-state index >= 15 is 0 Å². The third kappa shape index (κ3) is 6.05. The van der Waals surface area contributed by atoms with Gasteiger partial charge in [0, 0.05) is 12.8 Å². The minimum absolute atomic E-state index is 0.345. The highest BCUT2D eigenvalue weighted by atomic mass is 16.1. The van der Waals surface area contributed by atoms with Crippen LogP contribution in [0.15, 0.2) is 0 Å². The Morgan fingerprint density at radius 3 is 2.18 bits per heavy atom. The Labute approximate surface area is 69.2 Å². The quantitative estimate of drug-likeness (QED) is 0.658. The Kier molecular flexibility index (Phi) is 5.12. The lowest BCUT2D eigenvalue weighted by atomic mass is 9.99. The van der Waals surface area contributed by atoms with Crippen molar-refractivity contribution in [3.63, 3.8) is 0 Å². The maximum Gasteiger partial charge on any atom is 0.133 e. The number of hydrogen-bond acceptors (Lipinski definition) is 2. The summed E-state index contributed by atoms with van der Waals surface area (Å²) in [5.74, 6) is 1.17. The molecule has 0 aromatic heterocycles. The van der Waals surface area contributed by atoms with Crippen molar-refractivity contribution < 1.29 is 4.79 Å². The van der Waals surface area contributed by atoms with Gasteiger partial charge in [-0.05, 0) is 18.4 Å². The second-order valence-electron chi connectivity index (χ2n) is 3.68. The lowest BCUT2D eigenvalue weighted by Gasteiger charge is -2.08. The summed E-state index contributed by atoms with van der Waals surface area (Å²) >= 11 is 0. The molecule has 0 saturated carbocycles. The fraction of sp³-hybridized carbons (Fsp3) is 0.889. The van der Waals surface area contributed by atoms with Crippen LogP contribution in [0.2, 0.25) is 0 Å². The van der Waals surface area contributed by atoms with Crippen molar-refractivity contribution in [3.05, 3.63) is 0 Å². The summed E-state index contributed by atoms with van der Waals surface area (Å²) in [6.07, 6.45) is 1.35. The van der Waals surface area contributed by atoms with E-state index < -0.39 is 0 Å². The van der Waals surface area contributed by atoms with Gasteiger partial charge in [-0.3, -0.25) is 4.79 Å². The van der Waals surface area contributed by atoms with E-state index in [1.807, 2.05) is 6.92 Å². The summed E-state index contributed by atoms with van der Waals surface area (Å²) in [5, 5.41) is 0. The van der Waals surface area contributed by atoms with Gasteiger partial charge in [0.25, 0.3) is 0 Å². The molecule has 2 heteroatoms. The van der Waals surface area contributed by atoms with Gasteiger partial charge in [0.1, 0.15) is 5.78 Å². The molecule has 0 bridgehead atoms. The van der Waals surface area contributed by atoms with Gasteiger partial charge in [0.05, 0.1) is 0 Å². The summed E-state index contributed by atoms with van der Waals surface area (Å²) in [5.41, 5.74) is 5.40. The van der Waals surface area contributed by atoms with Crippen molar-refractivity contribution in [2.45, 2.75) is 33.6 Å². The molecule has 0 aliphatic rings. The molecule has 1 unspecified atom stereocenters. The van der Waals surface area contributed by atoms with E-state index in [2.05, 4.69) is 13.8 Å². The maximum atomic E-state index is 11.2. The molecule has 0 heterocycles. The van der Waals surface area contributed by atoms with Gasteiger partial charge in [0.2, 0.25) is 0 Å². The highest BCUT2D eigenvalue weighted by molar-refractivity contribution is 5.78. The molecule has 0 aliphatic carbocycles. The molecule has 0 rings (SSSR count). The summed E-state index contributed by atoms with van der Waals surface area (Å²) in [7, 11) is 0. The van der Waals surface area contributed by atoms with Crippen LogP contribution in [0.1, 0.15) is 33.6 Å². The van der Waals surface area contributed by atoms with Crippen LogP contribution in [0.4, 0.5) is 0 Å². The first kappa shape index (κ1) is 10.6. The van der Waals surface area contributed by atoms with E-state index in [9.17, 15) is 4.79 Å². The molecular formula is C9H19NO. The first-order valence-electron chi connectivity index (χ1n) is 4.28. The number of carbonyl (C=O) groups is 1. The third-order valence-corrected chi connectivity index (χ3v) is 1.61. The molecule has 66 valence electrons. The van der Waals surface area contributed by atoms with Crippen molar-refractivity contribution in [1.29, 1.82) is 0 Å². The second kappa shape index (κ2) is 5.30. The Bertz CT molecular complexity index is 121. The fourth-order valence-corrected chi connectivity index (χ4v) is 1.01. The van der Waals surface area contributed by atoms with Crippen molar-refractivity contribution in [1.82, 2.24) is 0 Å². The van der Waals surface area contributed by atoms with Gasteiger partial charge in [-0.15, -0.1) is 0 Å². The van der Waals surface area contributed by atoms with Crippen LogP contribution >= 0.6 is 0 Å². The highest BCUT2D eigenvalue weighted by Crippen LogP contribution is 2.07. The predicted molar refractivity (Wildman–Crippen MR) is 47.3 cm³/mol. The zero-order chi connectivity index (χ0) is 8.85. The van der Waals surface area contributed by atoms with Crippen LogP contribution in [0.5, 0.6) is 0 Å². The maximum absolute atomic E-state index is 11.2. The van der Waals surface area contributed by atoms with Crippen LogP contribution in [-0.4, -0.2) is 12.3 Å². The van der Waals surface area contributed by atoms with Gasteiger partial charge in [-0.2, -0.15) is 0 Å². The topological polar surface area (TPSA) is 43.1 Å². The van der Waals surface area contributed by atoms with E-state index in [1.165, 1.54) is 0 Å². The fourth-order valence-electron chi connectivity index (χ4n) is 1.01. The average molecular weight is 157 g/mol. The molecular weight excluding hydrogens is 138 g/mol. The highest BCUT2D eigenvalue weighted by Gasteiger charge is 2.08. The molecule has 0 radical (unpaired) electrons. The number of Topliss-reactive ketones (excluding diaryl/α,β-unsaturated/α-hetero) is 1. The summed E-state index contributed by atoms with van der Waals surface area (Å²) < 4.78 is 0. The normalized spacial score (nSPS) is 13.5. The molecule has 11 heavy (non-hydrogen) atoms. The number of carbonyl (C=O) groups excluding carboxylic acids is 1. The van der Waals surface area contributed by atoms with E-state index in [4.69, 9.17) is 5.73 Å². The van der Waals surface area contributed by atoms with E-state index in [1.54, 1.807) is 0 Å². The molecule has 0 saturated heterocycles. The van der Waals surface area contributed by atoms with E-state index in [-0.39, 0.29) is 0 Å². The predicted octanol–water partition coefficient (Wildman–Crippen LogP) is 1.59. The number of hydrogen-bond donors (Lipinski definition) is 1. The standard InChI is InChI=1S/C9H19NO/c1-7(2)4-9(11)5-8(3)6-10/h7-8H,4-6,10H2,1-3H3. The van der Waals surface area contributed by atoms with Gasteiger partial charge in [-0.25, -0.2) is 0 Å². The zero-order valence-corrected chi connectivity index (χ0v) is 7.76. The van der Waals surface area contributed by atoms with Gasteiger partial charge >= 0.3 is 0 Å². The molecule has 0 aromatic carbocycles. The first-order chi connectivity index (χ1) is 5.06. The number of ketones is 1. The van der Waals surface area contributed by atoms with Crippen molar-refractivity contribution in [2.75, 3.05) is 6.54 Å². The monoisotopic (exact) mass is 157 g/mol. The Morgan fingerprint density at radius 1 is 1.27 bits per heavy atom. The minimum Gasteiger partial charge on any atom is -0.330 e. The Hall–Kier alpha value is -0.370. The van der Waals surface area contributed by atoms with Crippen LogP contribution in [0.25, 0.3) is 0 Å². The zero-order valence-electron chi connectivity index (χ0n) is 7.76. The lowest BCUT2D eigenvalue weighted by Crippen LogP contribution is -2.15. The number of nitrogens with two attached hydrogens (primary N) is 1. The molecule has 0 fully saturated rings. The Morgan fingerprint density at radius 2 is 1.82 bits per heavy atom. The van der Waals surface area contributed by atoms with Crippen molar-refractivity contribution in [2.24, 2.45) is 17.6 Å². The smallest absolute Gasteiger partial charge is 0.133 e. The van der Waals surface area contributed by atoms with E-state index in [0.717, 1.165) is 0 Å². The summed E-state index contributed by atoms with van der Waals surface area (Å²) in [6.45, 7) is 6.75. The molecule has 1 atom stereocenters. The summed E-state index contributed by atoms with van der Waals surface area (Å²) in [4.78, 5) is 11.2. The van der Waals surface area contributed by atoms with Gasteiger partial charge in [0.15, 0.2) is 0 Å². The molecule has 2 N–H and O–H groups in total.